The fourth-order valence-corrected chi connectivity index (χ4v) is 2.03. The van der Waals surface area contributed by atoms with Crippen LogP contribution in [-0.2, 0) is 18.3 Å². The van der Waals surface area contributed by atoms with E-state index in [0.29, 0.717) is 13.0 Å². The van der Waals surface area contributed by atoms with Crippen molar-refractivity contribution in [1.82, 2.24) is 20.2 Å². The van der Waals surface area contributed by atoms with Crippen LogP contribution < -0.4 is 16.4 Å². The van der Waals surface area contributed by atoms with Gasteiger partial charge in [-0.15, -0.1) is 0 Å². The summed E-state index contributed by atoms with van der Waals surface area (Å²) < 4.78 is 2.00. The molecule has 0 bridgehead atoms. The second-order valence-corrected chi connectivity index (χ2v) is 4.85. The highest BCUT2D eigenvalue weighted by atomic mass is 16.2. The van der Waals surface area contributed by atoms with E-state index in [1.54, 1.807) is 0 Å². The standard InChI is InChI=1S/C14H19N5O2/c1-9(13(15)20)17-14(21)16-8-7-12-18-10-5-3-4-6-11(10)19(12)2/h3-6,9H,7-8H2,1-2H3,(H2,15,20)(H2,16,17,21)/t9-/m0/s1. The van der Waals surface area contributed by atoms with E-state index in [1.165, 1.54) is 6.92 Å². The largest absolute Gasteiger partial charge is 0.368 e. The van der Waals surface area contributed by atoms with Gasteiger partial charge in [-0.25, -0.2) is 9.78 Å². The van der Waals surface area contributed by atoms with E-state index in [4.69, 9.17) is 5.73 Å². The summed E-state index contributed by atoms with van der Waals surface area (Å²) in [6.45, 7) is 1.96. The number of primary amides is 1. The van der Waals surface area contributed by atoms with Crippen LogP contribution in [0.2, 0.25) is 0 Å². The zero-order valence-electron chi connectivity index (χ0n) is 12.1. The molecule has 1 heterocycles. The van der Waals surface area contributed by atoms with Gasteiger partial charge in [-0.1, -0.05) is 12.1 Å². The van der Waals surface area contributed by atoms with Crippen LogP contribution in [0.1, 0.15) is 12.7 Å². The Morgan fingerprint density at radius 2 is 2.10 bits per heavy atom. The maximum atomic E-state index is 11.5. The monoisotopic (exact) mass is 289 g/mol. The molecule has 0 fully saturated rings. The molecule has 0 aliphatic heterocycles. The average Bonchev–Trinajstić information content (AvgIpc) is 2.76. The van der Waals surface area contributed by atoms with Crippen LogP contribution in [-0.4, -0.2) is 34.1 Å². The number of amides is 3. The maximum absolute atomic E-state index is 11.5. The zero-order chi connectivity index (χ0) is 15.4. The van der Waals surface area contributed by atoms with Crippen molar-refractivity contribution in [2.45, 2.75) is 19.4 Å². The number of aryl methyl sites for hydroxylation is 1. The van der Waals surface area contributed by atoms with Gasteiger partial charge in [0.1, 0.15) is 11.9 Å². The molecule has 1 aromatic carbocycles. The molecule has 2 aromatic rings. The zero-order valence-corrected chi connectivity index (χ0v) is 12.1. The molecular formula is C14H19N5O2. The smallest absolute Gasteiger partial charge is 0.315 e. The molecule has 1 atom stereocenters. The fourth-order valence-electron chi connectivity index (χ4n) is 2.03. The van der Waals surface area contributed by atoms with Crippen molar-refractivity contribution in [1.29, 1.82) is 0 Å². The Kier molecular flexibility index (Phi) is 4.42. The van der Waals surface area contributed by atoms with Gasteiger partial charge in [0.25, 0.3) is 0 Å². The lowest BCUT2D eigenvalue weighted by molar-refractivity contribution is -0.119. The predicted molar refractivity (Wildman–Crippen MR) is 79.6 cm³/mol. The van der Waals surface area contributed by atoms with Gasteiger partial charge in [-0.3, -0.25) is 4.79 Å². The van der Waals surface area contributed by atoms with Gasteiger partial charge in [0.15, 0.2) is 0 Å². The van der Waals surface area contributed by atoms with E-state index in [-0.39, 0.29) is 0 Å². The topological polar surface area (TPSA) is 102 Å². The van der Waals surface area contributed by atoms with E-state index >= 15 is 0 Å². The second-order valence-electron chi connectivity index (χ2n) is 4.85. The molecule has 2 rings (SSSR count). The molecule has 7 nitrogen and oxygen atoms in total. The Bertz CT molecular complexity index is 664. The van der Waals surface area contributed by atoms with Crippen LogP contribution in [0.4, 0.5) is 4.79 Å². The number of nitrogens with zero attached hydrogens (tertiary/aromatic N) is 2. The predicted octanol–water partition coefficient (Wildman–Crippen LogP) is 0.289. The number of hydrogen-bond donors (Lipinski definition) is 3. The van der Waals surface area contributed by atoms with Gasteiger partial charge in [0.05, 0.1) is 11.0 Å². The summed E-state index contributed by atoms with van der Waals surface area (Å²) in [5.74, 6) is 0.319. The summed E-state index contributed by atoms with van der Waals surface area (Å²) in [6.07, 6.45) is 0.601. The van der Waals surface area contributed by atoms with Crippen LogP contribution in [0, 0.1) is 0 Å². The summed E-state index contributed by atoms with van der Waals surface area (Å²) in [6, 6.07) is 6.75. The number of carbonyl (C=O) groups is 2. The molecule has 0 spiro atoms. The highest BCUT2D eigenvalue weighted by Gasteiger charge is 2.12. The van der Waals surface area contributed by atoms with Crippen LogP contribution in [0.5, 0.6) is 0 Å². The minimum atomic E-state index is -0.694. The molecule has 0 saturated carbocycles. The molecule has 3 amide bonds. The number of fused-ring (bicyclic) bond motifs is 1. The summed E-state index contributed by atoms with van der Waals surface area (Å²) in [7, 11) is 1.94. The lowest BCUT2D eigenvalue weighted by atomic mass is 10.3. The number of rotatable bonds is 5. The number of urea groups is 1. The number of hydrogen-bond acceptors (Lipinski definition) is 3. The van der Waals surface area contributed by atoms with Gasteiger partial charge in [-0.2, -0.15) is 0 Å². The van der Waals surface area contributed by atoms with Crippen LogP contribution in [0.25, 0.3) is 11.0 Å². The van der Waals surface area contributed by atoms with Crippen molar-refractivity contribution >= 4 is 23.0 Å². The molecule has 0 aliphatic rings. The molecule has 0 radical (unpaired) electrons. The van der Waals surface area contributed by atoms with Crippen LogP contribution in [0.3, 0.4) is 0 Å². The molecule has 0 saturated heterocycles. The summed E-state index contributed by atoms with van der Waals surface area (Å²) in [5, 5.41) is 5.13. The number of aromatic nitrogens is 2. The Labute approximate surface area is 122 Å². The maximum Gasteiger partial charge on any atom is 0.315 e. The molecule has 0 aliphatic carbocycles. The normalized spacial score (nSPS) is 12.1. The van der Waals surface area contributed by atoms with Crippen molar-refractivity contribution in [3.63, 3.8) is 0 Å². The van der Waals surface area contributed by atoms with Crippen molar-refractivity contribution < 1.29 is 9.59 Å². The Hall–Kier alpha value is -2.57. The third-order valence-corrected chi connectivity index (χ3v) is 3.29. The van der Waals surface area contributed by atoms with E-state index in [2.05, 4.69) is 15.6 Å². The molecule has 0 unspecified atom stereocenters. The minimum absolute atomic E-state index is 0.417. The Balaban J connectivity index is 1.89. The highest BCUT2D eigenvalue weighted by molar-refractivity contribution is 5.85. The SMILES string of the molecule is C[C@H](NC(=O)NCCc1nc2ccccc2n1C)C(N)=O. The van der Waals surface area contributed by atoms with E-state index in [9.17, 15) is 9.59 Å². The quantitative estimate of drug-likeness (QED) is 0.737. The molecule has 7 heteroatoms. The summed E-state index contributed by atoms with van der Waals surface area (Å²) in [4.78, 5) is 26.9. The third-order valence-electron chi connectivity index (χ3n) is 3.29. The Morgan fingerprint density at radius 3 is 2.76 bits per heavy atom. The first kappa shape index (κ1) is 14.8. The molecule has 1 aromatic heterocycles. The lowest BCUT2D eigenvalue weighted by Crippen LogP contribution is -2.47. The second kappa shape index (κ2) is 6.25. The van der Waals surface area contributed by atoms with Gasteiger partial charge in [0, 0.05) is 20.0 Å². The first-order valence-corrected chi connectivity index (χ1v) is 6.73. The number of imidazole rings is 1. The summed E-state index contributed by atoms with van der Waals surface area (Å²) >= 11 is 0. The molecule has 21 heavy (non-hydrogen) atoms. The fraction of sp³-hybridized carbons (Fsp3) is 0.357. The minimum Gasteiger partial charge on any atom is -0.368 e. The number of carbonyl (C=O) groups excluding carboxylic acids is 2. The van der Waals surface area contributed by atoms with E-state index < -0.39 is 18.0 Å². The third kappa shape index (κ3) is 3.50. The first-order valence-electron chi connectivity index (χ1n) is 6.73. The number of para-hydroxylation sites is 2. The van der Waals surface area contributed by atoms with Crippen LogP contribution >= 0.6 is 0 Å². The van der Waals surface area contributed by atoms with E-state index in [1.807, 2.05) is 35.9 Å². The van der Waals surface area contributed by atoms with Crippen molar-refractivity contribution in [3.8, 4) is 0 Å². The van der Waals surface area contributed by atoms with E-state index in [0.717, 1.165) is 16.9 Å². The number of nitrogens with two attached hydrogens (primary N) is 1. The molecule has 4 N–H and O–H groups in total. The van der Waals surface area contributed by atoms with Gasteiger partial charge < -0.3 is 20.9 Å². The van der Waals surface area contributed by atoms with Gasteiger partial charge in [-0.05, 0) is 19.1 Å². The van der Waals surface area contributed by atoms with Crippen molar-refractivity contribution in [2.75, 3.05) is 6.54 Å². The van der Waals surface area contributed by atoms with Gasteiger partial charge in [0.2, 0.25) is 5.91 Å². The molecule has 112 valence electrons. The van der Waals surface area contributed by atoms with Gasteiger partial charge >= 0.3 is 6.03 Å². The lowest BCUT2D eigenvalue weighted by Gasteiger charge is -2.11. The Morgan fingerprint density at radius 1 is 1.38 bits per heavy atom. The number of nitrogens with one attached hydrogen (secondary N) is 2. The summed E-state index contributed by atoms with van der Waals surface area (Å²) in [5.41, 5.74) is 7.06. The molecular weight excluding hydrogens is 270 g/mol. The highest BCUT2D eigenvalue weighted by Crippen LogP contribution is 2.14. The van der Waals surface area contributed by atoms with Crippen LogP contribution in [0.15, 0.2) is 24.3 Å². The number of benzene rings is 1. The van der Waals surface area contributed by atoms with Crippen molar-refractivity contribution in [3.05, 3.63) is 30.1 Å². The first-order chi connectivity index (χ1) is 9.99. The average molecular weight is 289 g/mol. The van der Waals surface area contributed by atoms with Crippen molar-refractivity contribution in [2.24, 2.45) is 12.8 Å².